The van der Waals surface area contributed by atoms with Crippen LogP contribution in [0.25, 0.3) is 0 Å². The lowest BCUT2D eigenvalue weighted by Gasteiger charge is -2.29. The van der Waals surface area contributed by atoms with E-state index in [9.17, 15) is 8.42 Å². The van der Waals surface area contributed by atoms with Crippen LogP contribution in [0, 0.1) is 5.92 Å². The molecule has 0 aliphatic heterocycles. The highest BCUT2D eigenvalue weighted by Crippen LogP contribution is 2.27. The molecule has 0 heterocycles. The number of rotatable bonds is 4. The first-order valence-electron chi connectivity index (χ1n) is 5.33. The Morgan fingerprint density at radius 1 is 1.36 bits per heavy atom. The highest BCUT2D eigenvalue weighted by atomic mass is 32.2. The third kappa shape index (κ3) is 3.94. The second kappa shape index (κ2) is 5.09. The van der Waals surface area contributed by atoms with Gasteiger partial charge in [0.05, 0.1) is 0 Å². The van der Waals surface area contributed by atoms with Crippen LogP contribution in [0.5, 0.6) is 0 Å². The van der Waals surface area contributed by atoms with Crippen LogP contribution < -0.4 is 9.86 Å². The summed E-state index contributed by atoms with van der Waals surface area (Å²) >= 11 is 0. The fourth-order valence-electron chi connectivity index (χ4n) is 2.26. The summed E-state index contributed by atoms with van der Waals surface area (Å²) in [4.78, 5) is 0. The lowest BCUT2D eigenvalue weighted by Crippen LogP contribution is -2.43. The zero-order valence-electron chi connectivity index (χ0n) is 8.70. The fourth-order valence-corrected chi connectivity index (χ4v) is 3.04. The maximum absolute atomic E-state index is 10.9. The van der Waals surface area contributed by atoms with Crippen molar-refractivity contribution in [2.45, 2.75) is 51.5 Å². The van der Waals surface area contributed by atoms with E-state index in [1.54, 1.807) is 0 Å². The van der Waals surface area contributed by atoms with Gasteiger partial charge >= 0.3 is 0 Å². The highest BCUT2D eigenvalue weighted by molar-refractivity contribution is 7.87. The molecule has 1 aliphatic carbocycles. The minimum absolute atomic E-state index is 0.0327. The Labute approximate surface area is 86.4 Å². The number of nitrogens with two attached hydrogens (primary N) is 1. The maximum atomic E-state index is 10.9. The van der Waals surface area contributed by atoms with Gasteiger partial charge in [0.25, 0.3) is 10.2 Å². The molecule has 1 fully saturated rings. The zero-order chi connectivity index (χ0) is 10.6. The molecule has 1 atom stereocenters. The molecule has 3 N–H and O–H groups in total. The number of hydrogen-bond acceptors (Lipinski definition) is 2. The van der Waals surface area contributed by atoms with Crippen LogP contribution in [0.15, 0.2) is 0 Å². The number of hydrogen-bond donors (Lipinski definition) is 2. The summed E-state index contributed by atoms with van der Waals surface area (Å²) in [7, 11) is -3.53. The van der Waals surface area contributed by atoms with Gasteiger partial charge in [0.15, 0.2) is 0 Å². The van der Waals surface area contributed by atoms with Crippen LogP contribution in [-0.4, -0.2) is 14.5 Å². The van der Waals surface area contributed by atoms with Crippen molar-refractivity contribution in [2.24, 2.45) is 11.1 Å². The molecule has 1 rings (SSSR count). The molecule has 5 heteroatoms. The van der Waals surface area contributed by atoms with Gasteiger partial charge in [0.2, 0.25) is 0 Å². The van der Waals surface area contributed by atoms with Gasteiger partial charge in [-0.25, -0.2) is 5.14 Å². The molecule has 0 bridgehead atoms. The molecule has 0 aromatic carbocycles. The van der Waals surface area contributed by atoms with Crippen molar-refractivity contribution in [1.82, 2.24) is 4.72 Å². The summed E-state index contributed by atoms with van der Waals surface area (Å²) in [6, 6.07) is 0.0327. The summed E-state index contributed by atoms with van der Waals surface area (Å²) in [5, 5.41) is 4.98. The first-order valence-corrected chi connectivity index (χ1v) is 6.87. The molecule has 1 unspecified atom stereocenters. The second-order valence-electron chi connectivity index (χ2n) is 4.08. The normalized spacial score (nSPS) is 22.1. The summed E-state index contributed by atoms with van der Waals surface area (Å²) in [6.45, 7) is 2.00. The van der Waals surface area contributed by atoms with E-state index in [4.69, 9.17) is 5.14 Å². The molecule has 0 saturated heterocycles. The molecule has 84 valence electrons. The van der Waals surface area contributed by atoms with E-state index in [-0.39, 0.29) is 6.04 Å². The van der Waals surface area contributed by atoms with Crippen LogP contribution in [0.1, 0.15) is 45.4 Å². The van der Waals surface area contributed by atoms with Crippen molar-refractivity contribution in [3.8, 4) is 0 Å². The molecular formula is C9H20N2O2S. The second-order valence-corrected chi connectivity index (χ2v) is 5.40. The summed E-state index contributed by atoms with van der Waals surface area (Å²) in [5.41, 5.74) is 0. The van der Waals surface area contributed by atoms with E-state index in [0.717, 1.165) is 19.3 Å². The molecule has 0 spiro atoms. The van der Waals surface area contributed by atoms with E-state index < -0.39 is 10.2 Å². The minimum Gasteiger partial charge on any atom is -0.216 e. The molecule has 1 aliphatic rings. The Balaban J connectivity index is 2.52. The van der Waals surface area contributed by atoms with Crippen molar-refractivity contribution >= 4 is 10.2 Å². The summed E-state index contributed by atoms with van der Waals surface area (Å²) in [5.74, 6) is 0.479. The predicted molar refractivity (Wildman–Crippen MR) is 56.9 cm³/mol. The van der Waals surface area contributed by atoms with Gasteiger partial charge in [0.1, 0.15) is 0 Å². The molecule has 14 heavy (non-hydrogen) atoms. The Morgan fingerprint density at radius 3 is 2.36 bits per heavy atom. The van der Waals surface area contributed by atoms with E-state index in [1.165, 1.54) is 19.3 Å². The lowest BCUT2D eigenvalue weighted by atomic mass is 9.83. The smallest absolute Gasteiger partial charge is 0.216 e. The molecular weight excluding hydrogens is 200 g/mol. The van der Waals surface area contributed by atoms with Crippen LogP contribution in [0.3, 0.4) is 0 Å². The van der Waals surface area contributed by atoms with Crippen molar-refractivity contribution in [2.75, 3.05) is 0 Å². The quantitative estimate of drug-likeness (QED) is 0.745. The van der Waals surface area contributed by atoms with Crippen molar-refractivity contribution in [3.05, 3.63) is 0 Å². The molecule has 0 aromatic heterocycles. The monoisotopic (exact) mass is 220 g/mol. The zero-order valence-corrected chi connectivity index (χ0v) is 9.52. The molecule has 0 amide bonds. The van der Waals surface area contributed by atoms with Crippen LogP contribution in [0.2, 0.25) is 0 Å². The SMILES string of the molecule is CCC(NS(N)(=O)=O)C1CCCCC1. The Bertz CT molecular complexity index is 258. The van der Waals surface area contributed by atoms with Gasteiger partial charge < -0.3 is 0 Å². The van der Waals surface area contributed by atoms with Crippen LogP contribution in [-0.2, 0) is 10.2 Å². The van der Waals surface area contributed by atoms with Crippen LogP contribution in [0.4, 0.5) is 0 Å². The molecule has 1 saturated carbocycles. The summed E-state index contributed by atoms with van der Waals surface area (Å²) < 4.78 is 24.3. The third-order valence-corrected chi connectivity index (χ3v) is 3.61. The molecule has 4 nitrogen and oxygen atoms in total. The van der Waals surface area contributed by atoms with Gasteiger partial charge in [-0.3, -0.25) is 0 Å². The average molecular weight is 220 g/mol. The van der Waals surface area contributed by atoms with Gasteiger partial charge in [-0.2, -0.15) is 13.1 Å². The van der Waals surface area contributed by atoms with Crippen molar-refractivity contribution in [1.29, 1.82) is 0 Å². The summed E-state index contributed by atoms with van der Waals surface area (Å²) in [6.07, 6.45) is 6.78. The predicted octanol–water partition coefficient (Wildman–Crippen LogP) is 1.14. The fraction of sp³-hybridized carbons (Fsp3) is 1.00. The Kier molecular flexibility index (Phi) is 4.34. The standard InChI is InChI=1S/C9H20N2O2S/c1-2-9(11-14(10,12)13)8-6-4-3-5-7-8/h8-9,11H,2-7H2,1H3,(H2,10,12,13). The largest absolute Gasteiger partial charge is 0.274 e. The van der Waals surface area contributed by atoms with E-state index in [0.29, 0.717) is 5.92 Å². The van der Waals surface area contributed by atoms with Gasteiger partial charge in [-0.05, 0) is 25.2 Å². The third-order valence-electron chi connectivity index (χ3n) is 2.97. The highest BCUT2D eigenvalue weighted by Gasteiger charge is 2.24. The average Bonchev–Trinajstić information content (AvgIpc) is 2.14. The topological polar surface area (TPSA) is 72.2 Å². The molecule has 0 radical (unpaired) electrons. The Morgan fingerprint density at radius 2 is 1.93 bits per heavy atom. The van der Waals surface area contributed by atoms with Crippen molar-refractivity contribution < 1.29 is 8.42 Å². The lowest BCUT2D eigenvalue weighted by molar-refractivity contribution is 0.285. The van der Waals surface area contributed by atoms with E-state index in [2.05, 4.69) is 4.72 Å². The Hall–Kier alpha value is -0.130. The van der Waals surface area contributed by atoms with Gasteiger partial charge in [0, 0.05) is 6.04 Å². The molecule has 0 aromatic rings. The first-order chi connectivity index (χ1) is 6.53. The van der Waals surface area contributed by atoms with Crippen LogP contribution >= 0.6 is 0 Å². The van der Waals surface area contributed by atoms with Gasteiger partial charge in [-0.15, -0.1) is 0 Å². The van der Waals surface area contributed by atoms with E-state index in [1.807, 2.05) is 6.92 Å². The number of nitrogens with one attached hydrogen (secondary N) is 1. The van der Waals surface area contributed by atoms with E-state index >= 15 is 0 Å². The van der Waals surface area contributed by atoms with Gasteiger partial charge in [-0.1, -0.05) is 26.2 Å². The minimum atomic E-state index is -3.53. The van der Waals surface area contributed by atoms with Crippen molar-refractivity contribution in [3.63, 3.8) is 0 Å². The maximum Gasteiger partial charge on any atom is 0.274 e. The first kappa shape index (κ1) is 11.9.